The lowest BCUT2D eigenvalue weighted by molar-refractivity contribution is -0.141. The first kappa shape index (κ1) is 14.0. The van der Waals surface area contributed by atoms with Crippen LogP contribution in [-0.2, 0) is 21.4 Å². The van der Waals surface area contributed by atoms with E-state index in [1.165, 1.54) is 10.9 Å². The molecule has 0 aromatic carbocycles. The number of sulfonamides is 1. The Labute approximate surface area is 112 Å². The van der Waals surface area contributed by atoms with Crippen LogP contribution in [0.1, 0.15) is 20.3 Å². The van der Waals surface area contributed by atoms with Gasteiger partial charge in [0.05, 0.1) is 6.20 Å². The average molecular weight is 286 g/mol. The lowest BCUT2D eigenvalue weighted by atomic mass is 9.92. The zero-order valence-electron chi connectivity index (χ0n) is 11.0. The fourth-order valence-corrected chi connectivity index (χ4v) is 2.68. The van der Waals surface area contributed by atoms with E-state index in [0.717, 1.165) is 19.2 Å². The van der Waals surface area contributed by atoms with E-state index in [-0.39, 0.29) is 23.4 Å². The minimum Gasteiger partial charge on any atom is -0.338 e. The molecule has 1 fully saturated rings. The molecule has 1 aliphatic rings. The summed E-state index contributed by atoms with van der Waals surface area (Å²) in [7, 11) is -3.76. The Hall–Kier alpha value is -1.41. The molecule has 2 rings (SSSR count). The van der Waals surface area contributed by atoms with E-state index >= 15 is 0 Å². The molecule has 1 aromatic rings. The zero-order chi connectivity index (χ0) is 14.2. The minimum absolute atomic E-state index is 0.0404. The summed E-state index contributed by atoms with van der Waals surface area (Å²) < 4.78 is 23.5. The largest absolute Gasteiger partial charge is 0.338 e. The molecular formula is C11H18N4O3S. The molecule has 1 atom stereocenters. The second-order valence-electron chi connectivity index (χ2n) is 5.11. The SMILES string of the molecule is CC(C)C1CCN1C(=O)Cn1cc(S(N)(=O)=O)cn1. The maximum atomic E-state index is 12.1. The second kappa shape index (κ2) is 4.93. The summed E-state index contributed by atoms with van der Waals surface area (Å²) in [6.45, 7) is 4.96. The lowest BCUT2D eigenvalue weighted by Crippen LogP contribution is -2.54. The maximum absolute atomic E-state index is 12.1. The molecule has 2 heterocycles. The number of hydrogen-bond acceptors (Lipinski definition) is 4. The molecule has 1 amide bonds. The van der Waals surface area contributed by atoms with Crippen molar-refractivity contribution in [3.63, 3.8) is 0 Å². The van der Waals surface area contributed by atoms with Crippen LogP contribution in [0.5, 0.6) is 0 Å². The van der Waals surface area contributed by atoms with Crippen molar-refractivity contribution in [2.24, 2.45) is 11.1 Å². The summed E-state index contributed by atoms with van der Waals surface area (Å²) in [5.74, 6) is 0.379. The second-order valence-corrected chi connectivity index (χ2v) is 6.67. The summed E-state index contributed by atoms with van der Waals surface area (Å²) >= 11 is 0. The Balaban J connectivity index is 2.02. The molecule has 7 nitrogen and oxygen atoms in total. The van der Waals surface area contributed by atoms with Crippen LogP contribution in [0.3, 0.4) is 0 Å². The zero-order valence-corrected chi connectivity index (χ0v) is 11.8. The number of amides is 1. The third-order valence-corrected chi connectivity index (χ3v) is 4.26. The van der Waals surface area contributed by atoms with Crippen LogP contribution in [0.15, 0.2) is 17.3 Å². The van der Waals surface area contributed by atoms with Crippen LogP contribution in [0.4, 0.5) is 0 Å². The predicted molar refractivity (Wildman–Crippen MR) is 68.6 cm³/mol. The van der Waals surface area contributed by atoms with Gasteiger partial charge in [0.2, 0.25) is 15.9 Å². The molecule has 1 unspecified atom stereocenters. The van der Waals surface area contributed by atoms with E-state index in [0.29, 0.717) is 5.92 Å². The van der Waals surface area contributed by atoms with Crippen LogP contribution in [0.25, 0.3) is 0 Å². The molecule has 0 aliphatic carbocycles. The Bertz CT molecular complexity index is 579. The third kappa shape index (κ3) is 2.95. The molecular weight excluding hydrogens is 268 g/mol. The molecule has 1 aromatic heterocycles. The molecule has 2 N–H and O–H groups in total. The smallest absolute Gasteiger partial charge is 0.244 e. The predicted octanol–water partition coefficient (Wildman–Crippen LogP) is -0.213. The molecule has 0 saturated carbocycles. The number of aromatic nitrogens is 2. The summed E-state index contributed by atoms with van der Waals surface area (Å²) in [5.41, 5.74) is 0. The Morgan fingerprint density at radius 3 is 2.68 bits per heavy atom. The van der Waals surface area contributed by atoms with E-state index in [1.54, 1.807) is 0 Å². The van der Waals surface area contributed by atoms with Crippen molar-refractivity contribution in [3.8, 4) is 0 Å². The molecule has 0 bridgehead atoms. The fraction of sp³-hybridized carbons (Fsp3) is 0.636. The number of likely N-dealkylation sites (tertiary alicyclic amines) is 1. The van der Waals surface area contributed by atoms with Gasteiger partial charge in [-0.3, -0.25) is 9.48 Å². The van der Waals surface area contributed by atoms with E-state index in [4.69, 9.17) is 5.14 Å². The van der Waals surface area contributed by atoms with Crippen LogP contribution in [0, 0.1) is 5.92 Å². The monoisotopic (exact) mass is 286 g/mol. The molecule has 1 saturated heterocycles. The van der Waals surface area contributed by atoms with Gasteiger partial charge in [-0.25, -0.2) is 13.6 Å². The molecule has 106 valence electrons. The highest BCUT2D eigenvalue weighted by Gasteiger charge is 2.34. The van der Waals surface area contributed by atoms with E-state index in [9.17, 15) is 13.2 Å². The van der Waals surface area contributed by atoms with Gasteiger partial charge in [-0.1, -0.05) is 13.8 Å². The molecule has 0 spiro atoms. The van der Waals surface area contributed by atoms with Crippen molar-refractivity contribution in [2.45, 2.75) is 37.8 Å². The lowest BCUT2D eigenvalue weighted by Gasteiger charge is -2.43. The van der Waals surface area contributed by atoms with Gasteiger partial charge in [0.25, 0.3) is 0 Å². The quantitative estimate of drug-likeness (QED) is 0.827. The van der Waals surface area contributed by atoms with E-state index in [1.807, 2.05) is 4.90 Å². The first-order valence-electron chi connectivity index (χ1n) is 6.14. The van der Waals surface area contributed by atoms with Crippen molar-refractivity contribution in [2.75, 3.05) is 6.54 Å². The van der Waals surface area contributed by atoms with Crippen molar-refractivity contribution < 1.29 is 13.2 Å². The van der Waals surface area contributed by atoms with Crippen molar-refractivity contribution in [1.29, 1.82) is 0 Å². The number of hydrogen-bond donors (Lipinski definition) is 1. The third-order valence-electron chi connectivity index (χ3n) is 3.39. The number of carbonyl (C=O) groups excluding carboxylic acids is 1. The van der Waals surface area contributed by atoms with Crippen molar-refractivity contribution in [3.05, 3.63) is 12.4 Å². The Kier molecular flexibility index (Phi) is 3.64. The van der Waals surface area contributed by atoms with Gasteiger partial charge in [-0.15, -0.1) is 0 Å². The van der Waals surface area contributed by atoms with Crippen molar-refractivity contribution in [1.82, 2.24) is 14.7 Å². The van der Waals surface area contributed by atoms with E-state index < -0.39 is 10.0 Å². The maximum Gasteiger partial charge on any atom is 0.244 e. The number of primary sulfonamides is 1. The van der Waals surface area contributed by atoms with Crippen LogP contribution >= 0.6 is 0 Å². The van der Waals surface area contributed by atoms with Crippen LogP contribution < -0.4 is 5.14 Å². The highest BCUT2D eigenvalue weighted by Crippen LogP contribution is 2.24. The first-order chi connectivity index (χ1) is 8.79. The van der Waals surface area contributed by atoms with Gasteiger partial charge < -0.3 is 4.90 Å². The highest BCUT2D eigenvalue weighted by molar-refractivity contribution is 7.89. The minimum atomic E-state index is -3.76. The average Bonchev–Trinajstić information content (AvgIpc) is 2.62. The summed E-state index contributed by atoms with van der Waals surface area (Å²) in [6.07, 6.45) is 3.45. The van der Waals surface area contributed by atoms with Gasteiger partial charge in [-0.2, -0.15) is 5.10 Å². The van der Waals surface area contributed by atoms with Gasteiger partial charge in [0.1, 0.15) is 11.4 Å². The van der Waals surface area contributed by atoms with Gasteiger partial charge in [-0.05, 0) is 12.3 Å². The standard InChI is InChI=1S/C11H18N4O3S/c1-8(2)10-3-4-15(10)11(16)7-14-6-9(5-13-14)19(12,17)18/h5-6,8,10H,3-4,7H2,1-2H3,(H2,12,17,18). The van der Waals surface area contributed by atoms with Gasteiger partial charge >= 0.3 is 0 Å². The highest BCUT2D eigenvalue weighted by atomic mass is 32.2. The fourth-order valence-electron chi connectivity index (χ4n) is 2.22. The summed E-state index contributed by atoms with van der Waals surface area (Å²) in [4.78, 5) is 13.8. The molecule has 0 radical (unpaired) electrons. The number of nitrogens with zero attached hydrogens (tertiary/aromatic N) is 3. The van der Waals surface area contributed by atoms with E-state index in [2.05, 4.69) is 18.9 Å². The molecule has 19 heavy (non-hydrogen) atoms. The topological polar surface area (TPSA) is 98.3 Å². The number of nitrogens with two attached hydrogens (primary N) is 1. The van der Waals surface area contributed by atoms with Crippen molar-refractivity contribution >= 4 is 15.9 Å². The first-order valence-corrected chi connectivity index (χ1v) is 7.68. The van der Waals surface area contributed by atoms with Gasteiger partial charge in [0, 0.05) is 18.8 Å². The van der Waals surface area contributed by atoms with Crippen LogP contribution in [0.2, 0.25) is 0 Å². The molecule has 8 heteroatoms. The number of rotatable bonds is 4. The Morgan fingerprint density at radius 2 is 2.26 bits per heavy atom. The Morgan fingerprint density at radius 1 is 1.58 bits per heavy atom. The molecule has 1 aliphatic heterocycles. The summed E-state index contributed by atoms with van der Waals surface area (Å²) in [6, 6.07) is 0.278. The van der Waals surface area contributed by atoms with Gasteiger partial charge in [0.15, 0.2) is 0 Å². The number of carbonyl (C=O) groups is 1. The normalized spacial score (nSPS) is 19.6. The summed E-state index contributed by atoms with van der Waals surface area (Å²) in [5, 5.41) is 8.83. The van der Waals surface area contributed by atoms with Crippen LogP contribution in [-0.4, -0.2) is 41.6 Å².